The Morgan fingerprint density at radius 1 is 1.32 bits per heavy atom. The van der Waals surface area contributed by atoms with E-state index in [2.05, 4.69) is 5.01 Å². The first-order chi connectivity index (χ1) is 11.8. The van der Waals surface area contributed by atoms with Crippen LogP contribution >= 0.6 is 0 Å². The van der Waals surface area contributed by atoms with Crippen molar-refractivity contribution in [2.24, 2.45) is 5.41 Å². The lowest BCUT2D eigenvalue weighted by Gasteiger charge is -2.39. The third kappa shape index (κ3) is 5.72. The highest BCUT2D eigenvalue weighted by Crippen LogP contribution is 2.24. The monoisotopic (exact) mass is 348 g/mol. The van der Waals surface area contributed by atoms with Crippen molar-refractivity contribution < 1.29 is 14.6 Å². The number of hydrogen-bond acceptors (Lipinski definition) is 4. The molecule has 0 bridgehead atoms. The van der Waals surface area contributed by atoms with Crippen molar-refractivity contribution in [1.29, 1.82) is 0 Å². The average Bonchev–Trinajstić information content (AvgIpc) is 2.55. The normalized spacial score (nSPS) is 17.6. The quantitative estimate of drug-likeness (QED) is 0.822. The van der Waals surface area contributed by atoms with E-state index in [1.165, 1.54) is 0 Å². The molecule has 1 aromatic rings. The van der Waals surface area contributed by atoms with E-state index >= 15 is 0 Å². The van der Waals surface area contributed by atoms with Crippen LogP contribution in [-0.4, -0.2) is 46.8 Å². The number of aliphatic hydroxyl groups excluding tert-OH is 1. The second-order valence-corrected chi connectivity index (χ2v) is 7.76. The van der Waals surface area contributed by atoms with Gasteiger partial charge in [-0.15, -0.1) is 0 Å². The van der Waals surface area contributed by atoms with Gasteiger partial charge in [0, 0.05) is 19.5 Å². The number of rotatable bonds is 7. The smallest absolute Gasteiger partial charge is 0.237 e. The molecule has 5 nitrogen and oxygen atoms in total. The van der Waals surface area contributed by atoms with E-state index in [9.17, 15) is 9.90 Å². The van der Waals surface area contributed by atoms with Gasteiger partial charge in [0.1, 0.15) is 5.75 Å². The molecule has 1 saturated heterocycles. The summed E-state index contributed by atoms with van der Waals surface area (Å²) < 4.78 is 5.56. The minimum atomic E-state index is -0.382. The lowest BCUT2D eigenvalue weighted by molar-refractivity contribution is -0.158. The lowest BCUT2D eigenvalue weighted by Crippen LogP contribution is -2.51. The number of hydrogen-bond donors (Lipinski definition) is 1. The number of carbonyl (C=O) groups is 1. The summed E-state index contributed by atoms with van der Waals surface area (Å²) in [5.41, 5.74) is 0.916. The van der Waals surface area contributed by atoms with Crippen LogP contribution in [0.2, 0.25) is 0 Å². The molecular formula is C20H32N2O3. The predicted molar refractivity (Wildman–Crippen MR) is 99.0 cm³/mol. The number of benzene rings is 1. The summed E-state index contributed by atoms with van der Waals surface area (Å²) in [5, 5.41) is 14.2. The highest BCUT2D eigenvalue weighted by Gasteiger charge is 2.28. The Bertz CT molecular complexity index is 568. The maximum absolute atomic E-state index is 12.5. The Morgan fingerprint density at radius 3 is 2.76 bits per heavy atom. The Balaban J connectivity index is 2.04. The van der Waals surface area contributed by atoms with Crippen molar-refractivity contribution in [2.45, 2.75) is 59.6 Å². The molecule has 1 heterocycles. The van der Waals surface area contributed by atoms with Crippen LogP contribution in [0.15, 0.2) is 24.3 Å². The van der Waals surface area contributed by atoms with Crippen molar-refractivity contribution in [1.82, 2.24) is 10.0 Å². The fourth-order valence-corrected chi connectivity index (χ4v) is 3.02. The molecule has 1 N–H and O–H groups in total. The molecule has 1 aliphatic rings. The number of carbonyl (C=O) groups excluding carboxylic acids is 1. The van der Waals surface area contributed by atoms with Crippen molar-refractivity contribution >= 4 is 5.91 Å². The zero-order chi connectivity index (χ0) is 18.4. The molecule has 0 spiro atoms. The molecular weight excluding hydrogens is 316 g/mol. The second kappa shape index (κ2) is 8.68. The Morgan fingerprint density at radius 2 is 2.08 bits per heavy atom. The number of amides is 1. The summed E-state index contributed by atoms with van der Waals surface area (Å²) in [4.78, 5) is 12.5. The van der Waals surface area contributed by atoms with E-state index in [1.54, 1.807) is 0 Å². The Kier molecular flexibility index (Phi) is 6.85. The van der Waals surface area contributed by atoms with Gasteiger partial charge < -0.3 is 9.84 Å². The number of hydrazine groups is 1. The van der Waals surface area contributed by atoms with E-state index in [-0.39, 0.29) is 17.4 Å². The first kappa shape index (κ1) is 19.7. The first-order valence-corrected chi connectivity index (χ1v) is 9.26. The van der Waals surface area contributed by atoms with Crippen LogP contribution in [0.3, 0.4) is 0 Å². The molecule has 1 fully saturated rings. The topological polar surface area (TPSA) is 53.0 Å². The summed E-state index contributed by atoms with van der Waals surface area (Å²) in [6.07, 6.45) is 1.74. The fraction of sp³-hybridized carbons (Fsp3) is 0.650. The molecule has 1 aliphatic heterocycles. The standard InChI is InChI=1S/C20H32N2O3/c1-5-25-17-9-6-8-16(14-17)15-22-19(24)10-7-12-21(22)13-11-18(23)20(2,3)4/h6,8-9,14,18,23H,5,7,10-13,15H2,1-4H3. The van der Waals surface area contributed by atoms with E-state index in [4.69, 9.17) is 4.74 Å². The summed E-state index contributed by atoms with van der Waals surface area (Å²) in [7, 11) is 0. The van der Waals surface area contributed by atoms with E-state index in [0.717, 1.165) is 24.3 Å². The molecule has 0 saturated carbocycles. The van der Waals surface area contributed by atoms with Gasteiger partial charge in [-0.2, -0.15) is 0 Å². The molecule has 1 amide bonds. The third-order valence-electron chi connectivity index (χ3n) is 4.64. The van der Waals surface area contributed by atoms with Crippen LogP contribution in [0.25, 0.3) is 0 Å². The van der Waals surface area contributed by atoms with Crippen LogP contribution < -0.4 is 4.74 Å². The highest BCUT2D eigenvalue weighted by atomic mass is 16.5. The highest BCUT2D eigenvalue weighted by molar-refractivity contribution is 5.76. The molecule has 0 radical (unpaired) electrons. The molecule has 1 atom stereocenters. The van der Waals surface area contributed by atoms with Crippen molar-refractivity contribution in [3.8, 4) is 5.75 Å². The molecule has 0 aliphatic carbocycles. The maximum Gasteiger partial charge on any atom is 0.237 e. The summed E-state index contributed by atoms with van der Waals surface area (Å²) in [6.45, 7) is 10.8. The third-order valence-corrected chi connectivity index (χ3v) is 4.64. The van der Waals surface area contributed by atoms with Gasteiger partial charge >= 0.3 is 0 Å². The Hall–Kier alpha value is -1.59. The van der Waals surface area contributed by atoms with Crippen LogP contribution in [0.4, 0.5) is 0 Å². The number of nitrogens with zero attached hydrogens (tertiary/aromatic N) is 2. The zero-order valence-electron chi connectivity index (χ0n) is 16.0. The second-order valence-electron chi connectivity index (χ2n) is 7.76. The van der Waals surface area contributed by atoms with Crippen molar-refractivity contribution in [3.05, 3.63) is 29.8 Å². The van der Waals surface area contributed by atoms with Gasteiger partial charge in [0.2, 0.25) is 5.91 Å². The Labute approximate surface area is 151 Å². The first-order valence-electron chi connectivity index (χ1n) is 9.26. The van der Waals surface area contributed by atoms with Gasteiger partial charge in [0.05, 0.1) is 19.3 Å². The molecule has 25 heavy (non-hydrogen) atoms. The largest absolute Gasteiger partial charge is 0.494 e. The van der Waals surface area contributed by atoms with E-state index in [1.807, 2.05) is 57.0 Å². The van der Waals surface area contributed by atoms with Crippen LogP contribution in [0, 0.1) is 5.41 Å². The van der Waals surface area contributed by atoms with Gasteiger partial charge in [-0.05, 0) is 42.9 Å². The zero-order valence-corrected chi connectivity index (χ0v) is 16.0. The van der Waals surface area contributed by atoms with Crippen LogP contribution in [-0.2, 0) is 11.3 Å². The molecule has 1 unspecified atom stereocenters. The van der Waals surface area contributed by atoms with Crippen molar-refractivity contribution in [3.63, 3.8) is 0 Å². The molecule has 1 aromatic carbocycles. The average molecular weight is 348 g/mol. The molecule has 2 rings (SSSR count). The summed E-state index contributed by atoms with van der Waals surface area (Å²) in [5.74, 6) is 0.984. The lowest BCUT2D eigenvalue weighted by atomic mass is 9.87. The fourth-order valence-electron chi connectivity index (χ4n) is 3.02. The van der Waals surface area contributed by atoms with Gasteiger partial charge in [-0.1, -0.05) is 32.9 Å². The van der Waals surface area contributed by atoms with Gasteiger partial charge in [-0.3, -0.25) is 9.80 Å². The van der Waals surface area contributed by atoms with E-state index < -0.39 is 0 Å². The SMILES string of the molecule is CCOc1cccc(CN2C(=O)CCCN2CCC(O)C(C)(C)C)c1. The van der Waals surface area contributed by atoms with Gasteiger partial charge in [0.25, 0.3) is 0 Å². The van der Waals surface area contributed by atoms with E-state index in [0.29, 0.717) is 32.5 Å². The molecule has 0 aromatic heterocycles. The molecule has 5 heteroatoms. The molecule has 140 valence electrons. The minimum absolute atomic E-state index is 0.142. The summed E-state index contributed by atoms with van der Waals surface area (Å²) >= 11 is 0. The van der Waals surface area contributed by atoms with Crippen molar-refractivity contribution in [2.75, 3.05) is 19.7 Å². The minimum Gasteiger partial charge on any atom is -0.494 e. The number of aliphatic hydroxyl groups is 1. The van der Waals surface area contributed by atoms with Crippen LogP contribution in [0.5, 0.6) is 5.75 Å². The predicted octanol–water partition coefficient (Wildman–Crippen LogP) is 3.22. The van der Waals surface area contributed by atoms with Crippen LogP contribution in [0.1, 0.15) is 52.5 Å². The number of ether oxygens (including phenoxy) is 1. The van der Waals surface area contributed by atoms with Gasteiger partial charge in [0.15, 0.2) is 0 Å². The summed E-state index contributed by atoms with van der Waals surface area (Å²) in [6, 6.07) is 7.91. The van der Waals surface area contributed by atoms with Gasteiger partial charge in [-0.25, -0.2) is 5.01 Å². The maximum atomic E-state index is 12.5.